The fraction of sp³-hybridized carbons (Fsp3) is 0.267. The number of carbonyl (C=O) groups excluding carboxylic acids is 1. The fourth-order valence-corrected chi connectivity index (χ4v) is 4.87. The van der Waals surface area contributed by atoms with Crippen LogP contribution in [0.3, 0.4) is 0 Å². The Morgan fingerprint density at radius 2 is 1.67 bits per heavy atom. The summed E-state index contributed by atoms with van der Waals surface area (Å²) in [7, 11) is 0. The van der Waals surface area contributed by atoms with Crippen LogP contribution in [0.4, 0.5) is 10.1 Å². The molecule has 0 fully saturated rings. The number of hydrogen-bond donors (Lipinski definition) is 2. The van der Waals surface area contributed by atoms with Crippen LogP contribution in [0.15, 0.2) is 84.0 Å². The van der Waals surface area contributed by atoms with Crippen LogP contribution in [0.2, 0.25) is 0 Å². The molecule has 0 saturated heterocycles. The van der Waals surface area contributed by atoms with E-state index in [-0.39, 0.29) is 11.1 Å². The van der Waals surface area contributed by atoms with Gasteiger partial charge in [0.05, 0.1) is 11.8 Å². The maximum atomic E-state index is 15.2. The van der Waals surface area contributed by atoms with Gasteiger partial charge in [-0.3, -0.25) is 4.79 Å². The average Bonchev–Trinajstić information content (AvgIpc) is 2.87. The van der Waals surface area contributed by atoms with Gasteiger partial charge in [-0.15, -0.1) is 0 Å². The lowest BCUT2D eigenvalue weighted by Gasteiger charge is -2.43. The summed E-state index contributed by atoms with van der Waals surface area (Å²) in [6.45, 7) is 9.18. The first-order valence-corrected chi connectivity index (χ1v) is 12.2. The minimum Gasteiger partial charge on any atom is -0.372 e. The van der Waals surface area contributed by atoms with Gasteiger partial charge in [-0.25, -0.2) is 9.82 Å². The van der Waals surface area contributed by atoms with Gasteiger partial charge in [0.1, 0.15) is 5.82 Å². The predicted octanol–water partition coefficient (Wildman–Crippen LogP) is 5.62. The van der Waals surface area contributed by atoms with Crippen LogP contribution >= 0.6 is 0 Å². The molecule has 1 aliphatic heterocycles. The normalized spacial score (nSPS) is 14.9. The molecule has 6 heteroatoms. The van der Waals surface area contributed by atoms with E-state index < -0.39 is 17.3 Å². The molecule has 0 aromatic heterocycles. The van der Waals surface area contributed by atoms with E-state index in [1.807, 2.05) is 19.1 Å². The van der Waals surface area contributed by atoms with Crippen molar-refractivity contribution in [2.45, 2.75) is 45.3 Å². The Bertz CT molecular complexity index is 1260. The Morgan fingerprint density at radius 3 is 2.22 bits per heavy atom. The topological polar surface area (TPSA) is 64.9 Å². The number of hydrogen-bond acceptors (Lipinski definition) is 4. The van der Waals surface area contributed by atoms with Gasteiger partial charge >= 0.3 is 0 Å². The SMILES string of the molecule is CCCN1c2cc(F)c(/C=N\NC(=O)C(O)(c3ccccc3)c3ccccc3)cc2C(C)=CC1(C)C. The van der Waals surface area contributed by atoms with Gasteiger partial charge in [0, 0.05) is 23.4 Å². The highest BCUT2D eigenvalue weighted by atomic mass is 19.1. The summed E-state index contributed by atoms with van der Waals surface area (Å²) in [6, 6.07) is 20.6. The van der Waals surface area contributed by atoms with Crippen molar-refractivity contribution in [2.75, 3.05) is 11.4 Å². The Kier molecular flexibility index (Phi) is 7.09. The maximum absolute atomic E-state index is 15.2. The standard InChI is InChI=1S/C30H32FN3O2/c1-5-16-34-27-18-26(31)22(17-25(27)21(2)19-29(34,3)4)20-32-33-28(35)30(36,23-12-8-6-9-13-23)24-14-10-7-11-15-24/h6-15,17-20,36H,5,16H2,1-4H3,(H,33,35)/b32-20-. The lowest BCUT2D eigenvalue weighted by atomic mass is 9.85. The highest BCUT2D eigenvalue weighted by Crippen LogP contribution is 2.40. The third kappa shape index (κ3) is 4.69. The van der Waals surface area contributed by atoms with E-state index in [9.17, 15) is 9.90 Å². The van der Waals surface area contributed by atoms with Crippen LogP contribution < -0.4 is 10.3 Å². The molecule has 0 spiro atoms. The lowest BCUT2D eigenvalue weighted by molar-refractivity contribution is -0.136. The molecule has 1 amide bonds. The van der Waals surface area contributed by atoms with Gasteiger partial charge in [-0.2, -0.15) is 5.10 Å². The number of nitrogens with zero attached hydrogens (tertiary/aromatic N) is 2. The first-order chi connectivity index (χ1) is 17.2. The van der Waals surface area contributed by atoms with Gasteiger partial charge in [0.15, 0.2) is 5.60 Å². The van der Waals surface area contributed by atoms with Crippen molar-refractivity contribution >= 4 is 23.4 Å². The number of halogens is 1. The lowest BCUT2D eigenvalue weighted by Crippen LogP contribution is -2.45. The molecule has 36 heavy (non-hydrogen) atoms. The molecule has 3 aromatic carbocycles. The van der Waals surface area contributed by atoms with Gasteiger partial charge in [0.25, 0.3) is 5.91 Å². The summed E-state index contributed by atoms with van der Waals surface area (Å²) in [5.41, 5.74) is 4.14. The molecule has 3 aromatic rings. The molecule has 0 aliphatic carbocycles. The second-order valence-corrected chi connectivity index (χ2v) is 9.67. The van der Waals surface area contributed by atoms with Crippen molar-refractivity contribution in [3.05, 3.63) is 107 Å². The van der Waals surface area contributed by atoms with Crippen LogP contribution in [0, 0.1) is 5.82 Å². The van der Waals surface area contributed by atoms with Crippen molar-refractivity contribution in [1.82, 2.24) is 5.43 Å². The second-order valence-electron chi connectivity index (χ2n) is 9.67. The van der Waals surface area contributed by atoms with Crippen molar-refractivity contribution in [3.63, 3.8) is 0 Å². The Balaban J connectivity index is 1.64. The minimum absolute atomic E-state index is 0.220. The largest absolute Gasteiger partial charge is 0.372 e. The number of allylic oxidation sites excluding steroid dienone is 1. The van der Waals surface area contributed by atoms with Gasteiger partial charge in [-0.05, 0) is 56.0 Å². The molecule has 0 unspecified atom stereocenters. The van der Waals surface area contributed by atoms with Crippen molar-refractivity contribution in [2.24, 2.45) is 5.10 Å². The number of aliphatic hydroxyl groups is 1. The third-order valence-corrected chi connectivity index (χ3v) is 6.62. The molecule has 4 rings (SSSR count). The number of fused-ring (bicyclic) bond motifs is 1. The number of hydrazone groups is 1. The van der Waals surface area contributed by atoms with Crippen LogP contribution in [0.25, 0.3) is 5.57 Å². The minimum atomic E-state index is -1.96. The molecule has 0 atom stereocenters. The summed E-state index contributed by atoms with van der Waals surface area (Å²) in [4.78, 5) is 15.4. The van der Waals surface area contributed by atoms with E-state index in [4.69, 9.17) is 0 Å². The van der Waals surface area contributed by atoms with E-state index in [2.05, 4.69) is 42.3 Å². The number of anilines is 1. The average molecular weight is 486 g/mol. The quantitative estimate of drug-likeness (QED) is 0.337. The Hall–Kier alpha value is -3.77. The summed E-state index contributed by atoms with van der Waals surface area (Å²) in [6.07, 6.45) is 4.41. The third-order valence-electron chi connectivity index (χ3n) is 6.62. The van der Waals surface area contributed by atoms with Crippen molar-refractivity contribution < 1.29 is 14.3 Å². The Morgan fingerprint density at radius 1 is 1.08 bits per heavy atom. The number of rotatable bonds is 7. The van der Waals surface area contributed by atoms with E-state index in [1.165, 1.54) is 12.3 Å². The molecule has 0 bridgehead atoms. The fourth-order valence-electron chi connectivity index (χ4n) is 4.87. The predicted molar refractivity (Wildman–Crippen MR) is 143 cm³/mol. The number of amides is 1. The zero-order valence-corrected chi connectivity index (χ0v) is 21.1. The highest BCUT2D eigenvalue weighted by molar-refractivity contribution is 5.92. The summed E-state index contributed by atoms with van der Waals surface area (Å²) in [5, 5.41) is 15.5. The number of nitrogens with one attached hydrogen (secondary N) is 1. The molecular formula is C30H32FN3O2. The Labute approximate surface area is 212 Å². The smallest absolute Gasteiger partial charge is 0.281 e. The van der Waals surface area contributed by atoms with E-state index >= 15 is 4.39 Å². The molecular weight excluding hydrogens is 453 g/mol. The van der Waals surface area contributed by atoms with Crippen LogP contribution in [-0.4, -0.2) is 29.3 Å². The van der Waals surface area contributed by atoms with E-state index in [0.29, 0.717) is 11.1 Å². The second kappa shape index (κ2) is 10.1. The van der Waals surface area contributed by atoms with Gasteiger partial charge in [0.2, 0.25) is 0 Å². The monoisotopic (exact) mass is 485 g/mol. The van der Waals surface area contributed by atoms with Crippen molar-refractivity contribution in [1.29, 1.82) is 0 Å². The van der Waals surface area contributed by atoms with Gasteiger partial charge in [-0.1, -0.05) is 73.7 Å². The molecule has 1 heterocycles. The van der Waals surface area contributed by atoms with Crippen LogP contribution in [0.5, 0.6) is 0 Å². The van der Waals surface area contributed by atoms with Crippen molar-refractivity contribution in [3.8, 4) is 0 Å². The first kappa shape index (κ1) is 25.3. The zero-order chi connectivity index (χ0) is 25.9. The molecule has 0 radical (unpaired) electrons. The van der Waals surface area contributed by atoms with E-state index in [0.717, 1.165) is 29.8 Å². The van der Waals surface area contributed by atoms with Crippen LogP contribution in [-0.2, 0) is 10.4 Å². The first-order valence-electron chi connectivity index (χ1n) is 12.2. The van der Waals surface area contributed by atoms with Crippen LogP contribution in [0.1, 0.15) is 56.4 Å². The molecule has 186 valence electrons. The molecule has 2 N–H and O–H groups in total. The molecule has 5 nitrogen and oxygen atoms in total. The number of carbonyl (C=O) groups is 1. The maximum Gasteiger partial charge on any atom is 0.281 e. The molecule has 0 saturated carbocycles. The number of benzene rings is 3. The van der Waals surface area contributed by atoms with Gasteiger partial charge < -0.3 is 10.0 Å². The zero-order valence-electron chi connectivity index (χ0n) is 21.1. The summed E-state index contributed by atoms with van der Waals surface area (Å²) >= 11 is 0. The highest BCUT2D eigenvalue weighted by Gasteiger charge is 2.40. The molecule has 1 aliphatic rings. The summed E-state index contributed by atoms with van der Waals surface area (Å²) < 4.78 is 15.2. The van der Waals surface area contributed by atoms with E-state index in [1.54, 1.807) is 54.6 Å². The summed E-state index contributed by atoms with van der Waals surface area (Å²) in [5.74, 6) is -1.17.